The molecule has 0 aliphatic rings. The molecule has 1 nitrogen and oxygen atoms in total. The van der Waals surface area contributed by atoms with Gasteiger partial charge in [-0.1, -0.05) is 0 Å². The number of rotatable bonds is 5. The van der Waals surface area contributed by atoms with E-state index in [2.05, 4.69) is 0 Å². The highest BCUT2D eigenvalue weighted by Gasteiger charge is 2.67. The van der Waals surface area contributed by atoms with Crippen LogP contribution in [0.1, 0.15) is 0 Å². The Hall–Kier alpha value is -0.670. The first kappa shape index (κ1) is 14.3. The summed E-state index contributed by atoms with van der Waals surface area (Å²) in [7, 11) is 0. The van der Waals surface area contributed by atoms with Crippen molar-refractivity contribution in [2.75, 3.05) is 6.67 Å². The van der Waals surface area contributed by atoms with Gasteiger partial charge in [-0.15, -0.1) is 0 Å². The maximum absolute atomic E-state index is 12.0. The fourth-order valence-electron chi connectivity index (χ4n) is 0.410. The molecule has 0 bridgehead atoms. The molecule has 0 atom stereocenters. The summed E-state index contributed by atoms with van der Waals surface area (Å²) in [5.41, 5.74) is 0. The van der Waals surface area contributed by atoms with E-state index in [1.165, 1.54) is 0 Å². The first-order valence-electron chi connectivity index (χ1n) is 3.14. The SMILES string of the molecule is FCC(F)(F)OC(F)(F)C(F)(F)C(F)F. The van der Waals surface area contributed by atoms with Crippen LogP contribution in [0.2, 0.25) is 0 Å². The van der Waals surface area contributed by atoms with Gasteiger partial charge in [0.1, 0.15) is 0 Å². The van der Waals surface area contributed by atoms with E-state index in [0.717, 1.165) is 0 Å². The summed E-state index contributed by atoms with van der Waals surface area (Å²) >= 11 is 0. The summed E-state index contributed by atoms with van der Waals surface area (Å²) in [4.78, 5) is 0. The van der Waals surface area contributed by atoms with Gasteiger partial charge in [0.25, 0.3) is 0 Å². The van der Waals surface area contributed by atoms with Crippen LogP contribution in [0, 0.1) is 0 Å². The lowest BCUT2D eigenvalue weighted by atomic mass is 10.3. The van der Waals surface area contributed by atoms with Gasteiger partial charge in [0, 0.05) is 0 Å². The van der Waals surface area contributed by atoms with E-state index >= 15 is 0 Å². The Kier molecular flexibility index (Phi) is 3.88. The third-order valence-corrected chi connectivity index (χ3v) is 1.10. The second kappa shape index (κ2) is 4.06. The van der Waals surface area contributed by atoms with Crippen molar-refractivity contribution >= 4 is 0 Å². The van der Waals surface area contributed by atoms with Gasteiger partial charge in [-0.3, -0.25) is 0 Å². The molecule has 0 aromatic rings. The lowest BCUT2D eigenvalue weighted by Gasteiger charge is -2.27. The fraction of sp³-hybridized carbons (Fsp3) is 1.00. The zero-order valence-electron chi connectivity index (χ0n) is 6.59. The lowest BCUT2D eigenvalue weighted by Crippen LogP contribution is -2.51. The van der Waals surface area contributed by atoms with Crippen molar-refractivity contribution in [3.8, 4) is 0 Å². The third-order valence-electron chi connectivity index (χ3n) is 1.10. The number of ether oxygens (including phenoxy) is 1. The van der Waals surface area contributed by atoms with Gasteiger partial charge in [-0.2, -0.15) is 26.3 Å². The Balaban J connectivity index is 4.83. The predicted octanol–water partition coefficient (Wildman–Crippen LogP) is 3.06. The molecular formula is C5H3F9O. The van der Waals surface area contributed by atoms with Crippen LogP contribution in [0.4, 0.5) is 39.5 Å². The molecule has 0 spiro atoms. The van der Waals surface area contributed by atoms with Gasteiger partial charge in [-0.25, -0.2) is 17.9 Å². The monoisotopic (exact) mass is 250 g/mol. The van der Waals surface area contributed by atoms with E-state index in [-0.39, 0.29) is 0 Å². The van der Waals surface area contributed by atoms with E-state index in [0.29, 0.717) is 0 Å². The van der Waals surface area contributed by atoms with Crippen molar-refractivity contribution in [1.29, 1.82) is 0 Å². The second-order valence-corrected chi connectivity index (χ2v) is 2.31. The molecule has 0 rings (SSSR count). The number of hydrogen-bond donors (Lipinski definition) is 0. The summed E-state index contributed by atoms with van der Waals surface area (Å²) in [6.45, 7) is -2.85. The Morgan fingerprint density at radius 3 is 1.60 bits per heavy atom. The van der Waals surface area contributed by atoms with Crippen molar-refractivity contribution in [3.63, 3.8) is 0 Å². The molecule has 0 unspecified atom stereocenters. The van der Waals surface area contributed by atoms with E-state index < -0.39 is 31.2 Å². The Morgan fingerprint density at radius 2 is 1.33 bits per heavy atom. The second-order valence-electron chi connectivity index (χ2n) is 2.31. The van der Waals surface area contributed by atoms with Crippen molar-refractivity contribution in [2.45, 2.75) is 24.6 Å². The smallest absolute Gasteiger partial charge is 0.248 e. The highest BCUT2D eigenvalue weighted by atomic mass is 19.4. The summed E-state index contributed by atoms with van der Waals surface area (Å²) < 4.78 is 107. The molecule has 0 saturated heterocycles. The quantitative estimate of drug-likeness (QED) is 0.681. The molecule has 0 aliphatic carbocycles. The first-order valence-corrected chi connectivity index (χ1v) is 3.14. The highest BCUT2D eigenvalue weighted by Crippen LogP contribution is 2.42. The molecule has 92 valence electrons. The van der Waals surface area contributed by atoms with Crippen molar-refractivity contribution in [1.82, 2.24) is 0 Å². The van der Waals surface area contributed by atoms with Gasteiger partial charge in [0.2, 0.25) is 0 Å². The first-order chi connectivity index (χ1) is 6.46. The third kappa shape index (κ3) is 3.14. The topological polar surface area (TPSA) is 9.23 Å². The maximum Gasteiger partial charge on any atom is 0.429 e. The molecule has 0 fully saturated rings. The van der Waals surface area contributed by atoms with E-state index in [4.69, 9.17) is 0 Å². The number of hydrogen-bond acceptors (Lipinski definition) is 1. The zero-order valence-corrected chi connectivity index (χ0v) is 6.59. The minimum Gasteiger partial charge on any atom is -0.248 e. The van der Waals surface area contributed by atoms with E-state index in [1.807, 2.05) is 4.74 Å². The van der Waals surface area contributed by atoms with Crippen molar-refractivity contribution < 1.29 is 44.3 Å². The molecule has 0 saturated carbocycles. The van der Waals surface area contributed by atoms with E-state index in [9.17, 15) is 39.5 Å². The minimum absolute atomic E-state index is 2.03. The average molecular weight is 250 g/mol. The van der Waals surface area contributed by atoms with Crippen molar-refractivity contribution in [3.05, 3.63) is 0 Å². The van der Waals surface area contributed by atoms with Crippen LogP contribution in [0.15, 0.2) is 0 Å². The predicted molar refractivity (Wildman–Crippen MR) is 27.9 cm³/mol. The fourth-order valence-corrected chi connectivity index (χ4v) is 0.410. The van der Waals surface area contributed by atoms with Gasteiger partial charge >= 0.3 is 24.6 Å². The molecule has 0 heterocycles. The number of alkyl halides is 9. The van der Waals surface area contributed by atoms with Crippen LogP contribution in [0.5, 0.6) is 0 Å². The molecule has 10 heteroatoms. The average Bonchev–Trinajstić information content (AvgIpc) is 2.02. The van der Waals surface area contributed by atoms with Crippen molar-refractivity contribution in [2.24, 2.45) is 0 Å². The molecule has 0 radical (unpaired) electrons. The standard InChI is InChI=1S/C5H3F9O/c6-1-3(9,10)15-5(13,14)4(11,12)2(7)8/h2H,1H2. The molecule has 0 amide bonds. The molecular weight excluding hydrogens is 247 g/mol. The zero-order chi connectivity index (χ0) is 12.5. The Morgan fingerprint density at radius 1 is 0.933 bits per heavy atom. The largest absolute Gasteiger partial charge is 0.429 e. The minimum atomic E-state index is -6.17. The molecule has 0 aromatic heterocycles. The van der Waals surface area contributed by atoms with Gasteiger partial charge in [-0.05, 0) is 0 Å². The molecule has 0 aromatic carbocycles. The summed E-state index contributed by atoms with van der Waals surface area (Å²) in [5, 5.41) is 0. The van der Waals surface area contributed by atoms with Gasteiger partial charge < -0.3 is 0 Å². The lowest BCUT2D eigenvalue weighted by molar-refractivity contribution is -0.445. The highest BCUT2D eigenvalue weighted by molar-refractivity contribution is 4.80. The molecule has 15 heavy (non-hydrogen) atoms. The molecule has 0 aliphatic heterocycles. The Labute approximate surface area is 76.8 Å². The van der Waals surface area contributed by atoms with Crippen LogP contribution in [-0.2, 0) is 4.74 Å². The Bertz CT molecular complexity index is 213. The van der Waals surface area contributed by atoms with Crippen LogP contribution >= 0.6 is 0 Å². The van der Waals surface area contributed by atoms with Crippen LogP contribution < -0.4 is 0 Å². The van der Waals surface area contributed by atoms with Crippen LogP contribution in [0.3, 0.4) is 0 Å². The van der Waals surface area contributed by atoms with Crippen LogP contribution in [0.25, 0.3) is 0 Å². The van der Waals surface area contributed by atoms with E-state index in [1.54, 1.807) is 0 Å². The van der Waals surface area contributed by atoms with Gasteiger partial charge in [0.15, 0.2) is 6.67 Å². The summed E-state index contributed by atoms with van der Waals surface area (Å²) in [6, 6.07) is 0. The number of halogens is 9. The maximum atomic E-state index is 12.0. The van der Waals surface area contributed by atoms with Crippen LogP contribution in [-0.4, -0.2) is 31.2 Å². The summed E-state index contributed by atoms with van der Waals surface area (Å²) in [5.74, 6) is -6.13. The summed E-state index contributed by atoms with van der Waals surface area (Å²) in [6.07, 6.45) is -16.4. The van der Waals surface area contributed by atoms with Gasteiger partial charge in [0.05, 0.1) is 0 Å². The molecule has 0 N–H and O–H groups in total. The normalized spacial score (nSPS) is 14.8.